The summed E-state index contributed by atoms with van der Waals surface area (Å²) >= 11 is 0. The largest absolute Gasteiger partial charge is 0.458 e. The maximum absolute atomic E-state index is 11.6. The monoisotopic (exact) mass is 502 g/mol. The molecule has 3 aromatic carbocycles. The number of hydrogen-bond acceptors (Lipinski definition) is 4. The van der Waals surface area contributed by atoms with Crippen molar-refractivity contribution in [3.63, 3.8) is 0 Å². The first kappa shape index (κ1) is 27.8. The molecule has 0 N–H and O–H groups in total. The van der Waals surface area contributed by atoms with Crippen molar-refractivity contribution in [3.05, 3.63) is 131 Å². The van der Waals surface area contributed by atoms with Crippen molar-refractivity contribution in [1.82, 2.24) is 0 Å². The van der Waals surface area contributed by atoms with Crippen molar-refractivity contribution in [1.29, 1.82) is 0 Å². The van der Waals surface area contributed by atoms with Crippen LogP contribution in [0, 0.1) is 23.7 Å². The van der Waals surface area contributed by atoms with Gasteiger partial charge in [-0.15, -0.1) is 0 Å². The average molecular weight is 503 g/mol. The van der Waals surface area contributed by atoms with Crippen LogP contribution in [0.2, 0.25) is 0 Å². The maximum atomic E-state index is 11.6. The van der Waals surface area contributed by atoms with Crippen LogP contribution in [-0.4, -0.2) is 11.9 Å². The highest BCUT2D eigenvalue weighted by Gasteiger charge is 2.07. The second kappa shape index (κ2) is 14.1. The lowest BCUT2D eigenvalue weighted by atomic mass is 9.94. The van der Waals surface area contributed by atoms with Gasteiger partial charge in [0.15, 0.2) is 0 Å². The first-order valence-corrected chi connectivity index (χ1v) is 12.4. The minimum Gasteiger partial charge on any atom is -0.458 e. The fourth-order valence-electron chi connectivity index (χ4n) is 3.74. The number of hydrogen-bond donors (Lipinski definition) is 0. The second-order valence-corrected chi connectivity index (χ2v) is 8.42. The molecule has 3 rings (SSSR count). The summed E-state index contributed by atoms with van der Waals surface area (Å²) < 4.78 is 9.84. The van der Waals surface area contributed by atoms with E-state index in [1.165, 1.54) is 0 Å². The SMILES string of the molecule is C=COC(=O)Cc1ccc(C#Cc2cc(CC)c(C#Cc3ccc(COC(=O)C=C)cc3)c(CC)c2)cc1. The third kappa shape index (κ3) is 8.12. The summed E-state index contributed by atoms with van der Waals surface area (Å²) in [7, 11) is 0. The summed E-state index contributed by atoms with van der Waals surface area (Å²) in [5.74, 6) is 12.3. The molecule has 190 valence electrons. The molecule has 4 heteroatoms. The van der Waals surface area contributed by atoms with Gasteiger partial charge in [0.1, 0.15) is 6.61 Å². The van der Waals surface area contributed by atoms with Crippen LogP contribution in [0.15, 0.2) is 86.2 Å². The molecule has 0 heterocycles. The molecule has 0 radical (unpaired) electrons. The Morgan fingerprint density at radius 2 is 1.29 bits per heavy atom. The van der Waals surface area contributed by atoms with E-state index in [4.69, 9.17) is 9.47 Å². The van der Waals surface area contributed by atoms with Crippen LogP contribution in [0.4, 0.5) is 0 Å². The Balaban J connectivity index is 1.78. The smallest absolute Gasteiger partial charge is 0.330 e. The Hall–Kier alpha value is -4.80. The van der Waals surface area contributed by atoms with E-state index in [2.05, 4.69) is 62.8 Å². The van der Waals surface area contributed by atoms with Crippen LogP contribution in [0.1, 0.15) is 58.4 Å². The van der Waals surface area contributed by atoms with Gasteiger partial charge < -0.3 is 9.47 Å². The predicted molar refractivity (Wildman–Crippen MR) is 150 cm³/mol. The summed E-state index contributed by atoms with van der Waals surface area (Å²) in [4.78, 5) is 22.8. The number of ether oxygens (including phenoxy) is 2. The van der Waals surface area contributed by atoms with Gasteiger partial charge in [0.05, 0.1) is 12.7 Å². The molecule has 0 aliphatic carbocycles. The van der Waals surface area contributed by atoms with Crippen molar-refractivity contribution >= 4 is 11.9 Å². The van der Waals surface area contributed by atoms with Crippen molar-refractivity contribution in [3.8, 4) is 23.7 Å². The van der Waals surface area contributed by atoms with Gasteiger partial charge in [-0.1, -0.05) is 75.0 Å². The van der Waals surface area contributed by atoms with Gasteiger partial charge in [0.2, 0.25) is 0 Å². The predicted octanol–water partition coefficient (Wildman–Crippen LogP) is 6.07. The molecule has 0 spiro atoms. The van der Waals surface area contributed by atoms with Crippen molar-refractivity contribution in [2.75, 3.05) is 0 Å². The Kier molecular flexibility index (Phi) is 10.3. The molecule has 3 aromatic rings. The van der Waals surface area contributed by atoms with E-state index in [0.717, 1.165) is 69.7 Å². The number of carbonyl (C=O) groups is 2. The zero-order chi connectivity index (χ0) is 27.3. The molecule has 0 atom stereocenters. The highest BCUT2D eigenvalue weighted by molar-refractivity contribution is 5.81. The summed E-state index contributed by atoms with van der Waals surface area (Å²) in [5, 5.41) is 0. The van der Waals surface area contributed by atoms with E-state index in [1.54, 1.807) is 0 Å². The number of esters is 2. The van der Waals surface area contributed by atoms with Gasteiger partial charge >= 0.3 is 11.9 Å². The normalized spacial score (nSPS) is 9.74. The molecule has 0 unspecified atom stereocenters. The first-order valence-electron chi connectivity index (χ1n) is 12.4. The lowest BCUT2D eigenvalue weighted by Gasteiger charge is -2.09. The topological polar surface area (TPSA) is 52.6 Å². The number of benzene rings is 3. The zero-order valence-corrected chi connectivity index (χ0v) is 21.8. The van der Waals surface area contributed by atoms with E-state index in [1.807, 2.05) is 48.5 Å². The molecule has 0 fully saturated rings. The fourth-order valence-corrected chi connectivity index (χ4v) is 3.74. The Labute approximate surface area is 225 Å². The zero-order valence-electron chi connectivity index (χ0n) is 21.8. The molecule has 0 amide bonds. The van der Waals surface area contributed by atoms with Crippen LogP contribution in [0.3, 0.4) is 0 Å². The quantitative estimate of drug-likeness (QED) is 0.162. The third-order valence-electron chi connectivity index (χ3n) is 5.77. The molecule has 0 aliphatic heterocycles. The highest BCUT2D eigenvalue weighted by atomic mass is 16.5. The van der Waals surface area contributed by atoms with Crippen molar-refractivity contribution in [2.24, 2.45) is 0 Å². The van der Waals surface area contributed by atoms with E-state index in [0.29, 0.717) is 0 Å². The molecule has 0 aromatic heterocycles. The molecule has 4 nitrogen and oxygen atoms in total. The average Bonchev–Trinajstić information content (AvgIpc) is 2.94. The minimum absolute atomic E-state index is 0.192. The van der Waals surface area contributed by atoms with Crippen molar-refractivity contribution in [2.45, 2.75) is 39.7 Å². The minimum atomic E-state index is -0.442. The summed E-state index contributed by atoms with van der Waals surface area (Å²) in [6.07, 6.45) is 4.17. The Bertz CT molecular complexity index is 1410. The lowest BCUT2D eigenvalue weighted by molar-refractivity contribution is -0.139. The van der Waals surface area contributed by atoms with E-state index >= 15 is 0 Å². The summed E-state index contributed by atoms with van der Waals surface area (Å²) in [5.41, 5.74) is 7.81. The number of aryl methyl sites for hydroxylation is 2. The van der Waals surface area contributed by atoms with Crippen LogP contribution in [0.5, 0.6) is 0 Å². The number of carbonyl (C=O) groups excluding carboxylic acids is 2. The van der Waals surface area contributed by atoms with Gasteiger partial charge in [-0.2, -0.15) is 0 Å². The van der Waals surface area contributed by atoms with Crippen LogP contribution >= 0.6 is 0 Å². The van der Waals surface area contributed by atoms with E-state index < -0.39 is 5.97 Å². The Morgan fingerprint density at radius 1 is 0.763 bits per heavy atom. The van der Waals surface area contributed by atoms with Crippen LogP contribution < -0.4 is 0 Å². The highest BCUT2D eigenvalue weighted by Crippen LogP contribution is 2.19. The van der Waals surface area contributed by atoms with Crippen LogP contribution in [-0.2, 0) is 44.9 Å². The van der Waals surface area contributed by atoms with Gasteiger partial charge in [-0.3, -0.25) is 4.79 Å². The van der Waals surface area contributed by atoms with E-state index in [-0.39, 0.29) is 19.0 Å². The molecular weight excluding hydrogens is 472 g/mol. The number of rotatable bonds is 8. The molecule has 0 aliphatic rings. The van der Waals surface area contributed by atoms with Gasteiger partial charge in [0.25, 0.3) is 0 Å². The molecule has 0 saturated carbocycles. The standard InChI is InChI=1S/C34H30O4/c1-5-30-21-29(18-13-25-9-14-27(15-10-25)23-34(36)37-8-4)22-31(6-2)32(30)20-19-26-11-16-28(17-12-26)24-38-33(35)7-3/h7-12,14-17,21-22H,3-6,23-24H2,1-2H3. The molecule has 0 bridgehead atoms. The van der Waals surface area contributed by atoms with Crippen LogP contribution in [0.25, 0.3) is 0 Å². The second-order valence-electron chi connectivity index (χ2n) is 8.42. The van der Waals surface area contributed by atoms with Gasteiger partial charge in [-0.25, -0.2) is 4.79 Å². The fraction of sp³-hybridized carbons (Fsp3) is 0.176. The first-order chi connectivity index (χ1) is 18.4. The molecule has 0 saturated heterocycles. The lowest BCUT2D eigenvalue weighted by Crippen LogP contribution is -2.03. The Morgan fingerprint density at radius 3 is 1.82 bits per heavy atom. The van der Waals surface area contributed by atoms with Gasteiger partial charge in [0, 0.05) is 28.3 Å². The van der Waals surface area contributed by atoms with Crippen molar-refractivity contribution < 1.29 is 19.1 Å². The van der Waals surface area contributed by atoms with E-state index in [9.17, 15) is 9.59 Å². The molecule has 38 heavy (non-hydrogen) atoms. The molecular formula is C34H30O4. The van der Waals surface area contributed by atoms with Gasteiger partial charge in [-0.05, 0) is 71.5 Å². The maximum Gasteiger partial charge on any atom is 0.330 e. The summed E-state index contributed by atoms with van der Waals surface area (Å²) in [6, 6.07) is 19.4. The summed E-state index contributed by atoms with van der Waals surface area (Å²) in [6.45, 7) is 11.2. The third-order valence-corrected chi connectivity index (χ3v) is 5.77.